The first-order valence-corrected chi connectivity index (χ1v) is 11.2. The summed E-state index contributed by atoms with van der Waals surface area (Å²) in [6, 6.07) is 6.53. The summed E-state index contributed by atoms with van der Waals surface area (Å²) in [5.41, 5.74) is 4.91. The van der Waals surface area contributed by atoms with Gasteiger partial charge < -0.3 is 4.90 Å². The predicted molar refractivity (Wildman–Crippen MR) is 113 cm³/mol. The van der Waals surface area contributed by atoms with Crippen molar-refractivity contribution >= 4 is 39.2 Å². The van der Waals surface area contributed by atoms with E-state index in [1.54, 1.807) is 17.7 Å². The van der Waals surface area contributed by atoms with Crippen LogP contribution in [-0.2, 0) is 4.79 Å². The van der Waals surface area contributed by atoms with E-state index in [0.29, 0.717) is 5.75 Å². The van der Waals surface area contributed by atoms with Crippen molar-refractivity contribution in [2.24, 2.45) is 0 Å². The number of amides is 1. The SMILES string of the molecule is Cc1ccc(-c2csc3ncnc(SCC(=O)N4CCCCC4)c23)cc1C. The maximum atomic E-state index is 12.5. The Morgan fingerprint density at radius 1 is 1.15 bits per heavy atom. The first kappa shape index (κ1) is 18.4. The number of aryl methyl sites for hydroxylation is 2. The van der Waals surface area contributed by atoms with Crippen molar-refractivity contribution < 1.29 is 4.79 Å². The third-order valence-electron chi connectivity index (χ3n) is 5.19. The average molecular weight is 398 g/mol. The largest absolute Gasteiger partial charge is 0.342 e. The van der Waals surface area contributed by atoms with Gasteiger partial charge in [0.2, 0.25) is 5.91 Å². The number of thioether (sulfide) groups is 1. The second-order valence-corrected chi connectivity index (χ2v) is 8.86. The fourth-order valence-corrected chi connectivity index (χ4v) is 5.34. The number of aromatic nitrogens is 2. The molecule has 1 amide bonds. The summed E-state index contributed by atoms with van der Waals surface area (Å²) >= 11 is 3.17. The van der Waals surface area contributed by atoms with Crippen LogP contribution in [0.2, 0.25) is 0 Å². The van der Waals surface area contributed by atoms with Crippen LogP contribution in [0.15, 0.2) is 34.9 Å². The van der Waals surface area contributed by atoms with Gasteiger partial charge in [0.05, 0.1) is 11.1 Å². The van der Waals surface area contributed by atoms with E-state index in [2.05, 4.69) is 47.4 Å². The third-order valence-corrected chi connectivity index (χ3v) is 7.06. The molecular formula is C21H23N3OS2. The normalized spacial score (nSPS) is 14.7. The number of hydrogen-bond acceptors (Lipinski definition) is 5. The van der Waals surface area contributed by atoms with Crippen LogP contribution < -0.4 is 0 Å². The highest BCUT2D eigenvalue weighted by atomic mass is 32.2. The molecule has 2 aromatic heterocycles. The molecule has 140 valence electrons. The van der Waals surface area contributed by atoms with E-state index in [9.17, 15) is 4.79 Å². The van der Waals surface area contributed by atoms with Crippen LogP contribution in [0.25, 0.3) is 21.3 Å². The average Bonchev–Trinajstić information content (AvgIpc) is 3.14. The monoisotopic (exact) mass is 397 g/mol. The van der Waals surface area contributed by atoms with Crippen molar-refractivity contribution in [2.75, 3.05) is 18.8 Å². The van der Waals surface area contributed by atoms with Gasteiger partial charge in [-0.3, -0.25) is 4.79 Å². The Morgan fingerprint density at radius 3 is 2.74 bits per heavy atom. The Bertz CT molecular complexity index is 977. The van der Waals surface area contributed by atoms with E-state index >= 15 is 0 Å². The van der Waals surface area contributed by atoms with Crippen LogP contribution in [0, 0.1) is 13.8 Å². The lowest BCUT2D eigenvalue weighted by atomic mass is 10.0. The van der Waals surface area contributed by atoms with Gasteiger partial charge in [-0.1, -0.05) is 30.0 Å². The van der Waals surface area contributed by atoms with Gasteiger partial charge in [-0.15, -0.1) is 11.3 Å². The Hall–Kier alpha value is -1.92. The Morgan fingerprint density at radius 2 is 1.96 bits per heavy atom. The molecule has 0 aliphatic carbocycles. The minimum absolute atomic E-state index is 0.217. The van der Waals surface area contributed by atoms with Crippen molar-refractivity contribution in [3.8, 4) is 11.1 Å². The molecule has 0 unspecified atom stereocenters. The molecule has 1 aromatic carbocycles. The molecule has 1 aliphatic heterocycles. The lowest BCUT2D eigenvalue weighted by Crippen LogP contribution is -2.36. The molecule has 3 aromatic rings. The van der Waals surface area contributed by atoms with Crippen LogP contribution in [0.5, 0.6) is 0 Å². The second-order valence-electron chi connectivity index (χ2n) is 7.04. The highest BCUT2D eigenvalue weighted by Gasteiger charge is 2.19. The number of piperidine rings is 1. The quantitative estimate of drug-likeness (QED) is 0.455. The zero-order chi connectivity index (χ0) is 18.8. The number of benzene rings is 1. The van der Waals surface area contributed by atoms with Gasteiger partial charge in [0.15, 0.2) is 0 Å². The van der Waals surface area contributed by atoms with Gasteiger partial charge in [-0.2, -0.15) is 0 Å². The Labute approximate surface area is 168 Å². The lowest BCUT2D eigenvalue weighted by molar-refractivity contribution is -0.129. The summed E-state index contributed by atoms with van der Waals surface area (Å²) in [7, 11) is 0. The molecule has 0 radical (unpaired) electrons. The molecule has 1 aliphatic rings. The fourth-order valence-electron chi connectivity index (χ4n) is 3.44. The summed E-state index contributed by atoms with van der Waals surface area (Å²) < 4.78 is 0. The summed E-state index contributed by atoms with van der Waals surface area (Å²) in [6.07, 6.45) is 5.08. The van der Waals surface area contributed by atoms with Crippen molar-refractivity contribution in [3.63, 3.8) is 0 Å². The molecule has 6 heteroatoms. The minimum atomic E-state index is 0.217. The Balaban J connectivity index is 1.62. The minimum Gasteiger partial charge on any atom is -0.342 e. The second kappa shape index (κ2) is 7.98. The van der Waals surface area contributed by atoms with Gasteiger partial charge in [-0.25, -0.2) is 9.97 Å². The topological polar surface area (TPSA) is 46.1 Å². The molecule has 0 spiro atoms. The number of carbonyl (C=O) groups is 1. The zero-order valence-electron chi connectivity index (χ0n) is 15.7. The molecule has 0 atom stereocenters. The van der Waals surface area contributed by atoms with Gasteiger partial charge in [0.25, 0.3) is 0 Å². The first-order chi connectivity index (χ1) is 13.1. The number of carbonyl (C=O) groups excluding carboxylic acids is 1. The van der Waals surface area contributed by atoms with Crippen molar-refractivity contribution in [1.82, 2.24) is 14.9 Å². The number of thiophene rings is 1. The molecule has 0 saturated carbocycles. The number of hydrogen-bond donors (Lipinski definition) is 0. The van der Waals surface area contributed by atoms with Gasteiger partial charge in [-0.05, 0) is 49.8 Å². The molecule has 0 N–H and O–H groups in total. The molecular weight excluding hydrogens is 374 g/mol. The zero-order valence-corrected chi connectivity index (χ0v) is 17.3. The standard InChI is InChI=1S/C21H23N3OS2/c1-14-6-7-16(10-15(14)2)17-11-26-20-19(17)21(23-13-22-20)27-12-18(25)24-8-4-3-5-9-24/h6-7,10-11,13H,3-5,8-9,12H2,1-2H3. The fraction of sp³-hybridized carbons (Fsp3) is 0.381. The van der Waals surface area contributed by atoms with E-state index in [0.717, 1.165) is 46.7 Å². The van der Waals surface area contributed by atoms with Gasteiger partial charge >= 0.3 is 0 Å². The molecule has 4 rings (SSSR count). The van der Waals surface area contributed by atoms with Crippen LogP contribution in [-0.4, -0.2) is 39.6 Å². The van der Waals surface area contributed by atoms with Crippen molar-refractivity contribution in [3.05, 3.63) is 41.0 Å². The smallest absolute Gasteiger partial charge is 0.232 e. The molecule has 1 fully saturated rings. The molecule has 3 heterocycles. The summed E-state index contributed by atoms with van der Waals surface area (Å²) in [5, 5.41) is 4.13. The lowest BCUT2D eigenvalue weighted by Gasteiger charge is -2.26. The maximum Gasteiger partial charge on any atom is 0.232 e. The first-order valence-electron chi connectivity index (χ1n) is 9.34. The third kappa shape index (κ3) is 3.87. The molecule has 4 nitrogen and oxygen atoms in total. The number of fused-ring (bicyclic) bond motifs is 1. The summed E-state index contributed by atoms with van der Waals surface area (Å²) in [5.74, 6) is 0.656. The Kier molecular flexibility index (Phi) is 5.45. The van der Waals surface area contributed by atoms with Crippen LogP contribution >= 0.6 is 23.1 Å². The van der Waals surface area contributed by atoms with E-state index in [-0.39, 0.29) is 5.91 Å². The number of likely N-dealkylation sites (tertiary alicyclic amines) is 1. The van der Waals surface area contributed by atoms with Crippen molar-refractivity contribution in [1.29, 1.82) is 0 Å². The molecule has 27 heavy (non-hydrogen) atoms. The summed E-state index contributed by atoms with van der Waals surface area (Å²) in [6.45, 7) is 6.05. The highest BCUT2D eigenvalue weighted by Crippen LogP contribution is 2.38. The van der Waals surface area contributed by atoms with E-state index in [4.69, 9.17) is 0 Å². The van der Waals surface area contributed by atoms with E-state index < -0.39 is 0 Å². The van der Waals surface area contributed by atoms with E-state index in [1.807, 2.05) is 4.90 Å². The van der Waals surface area contributed by atoms with Crippen LogP contribution in [0.3, 0.4) is 0 Å². The number of nitrogens with zero attached hydrogens (tertiary/aromatic N) is 3. The van der Waals surface area contributed by atoms with Gasteiger partial charge in [0, 0.05) is 24.0 Å². The summed E-state index contributed by atoms with van der Waals surface area (Å²) in [4.78, 5) is 24.5. The van der Waals surface area contributed by atoms with E-state index in [1.165, 1.54) is 34.9 Å². The highest BCUT2D eigenvalue weighted by molar-refractivity contribution is 8.00. The molecule has 1 saturated heterocycles. The number of rotatable bonds is 4. The predicted octanol–water partition coefficient (Wildman–Crippen LogP) is 5.08. The van der Waals surface area contributed by atoms with Crippen LogP contribution in [0.1, 0.15) is 30.4 Å². The van der Waals surface area contributed by atoms with Gasteiger partial charge in [0.1, 0.15) is 16.2 Å². The van der Waals surface area contributed by atoms with Crippen molar-refractivity contribution in [2.45, 2.75) is 38.1 Å². The van der Waals surface area contributed by atoms with Crippen LogP contribution in [0.4, 0.5) is 0 Å². The maximum absolute atomic E-state index is 12.5. The molecule has 0 bridgehead atoms.